The van der Waals surface area contributed by atoms with Crippen LogP contribution in [0, 0.1) is 0 Å². The number of imidazole rings is 1. The third kappa shape index (κ3) is 4.79. The van der Waals surface area contributed by atoms with E-state index in [4.69, 9.17) is 9.47 Å². The molecule has 8 heteroatoms. The Labute approximate surface area is 173 Å². The minimum atomic E-state index is -0.633. The molecular formula is C22H19N5O3. The summed E-state index contributed by atoms with van der Waals surface area (Å²) >= 11 is 0. The fraction of sp³-hybridized carbons (Fsp3) is 0.0909. The minimum absolute atomic E-state index is 0.242. The number of nitrogens with one attached hydrogen (secondary N) is 1. The monoisotopic (exact) mass is 401 g/mol. The van der Waals surface area contributed by atoms with E-state index in [1.807, 2.05) is 18.2 Å². The summed E-state index contributed by atoms with van der Waals surface area (Å²) in [4.78, 5) is 24.7. The van der Waals surface area contributed by atoms with Crippen LogP contribution in [0.25, 0.3) is 5.82 Å². The molecule has 150 valence electrons. The van der Waals surface area contributed by atoms with Gasteiger partial charge in [0, 0.05) is 24.1 Å². The van der Waals surface area contributed by atoms with E-state index in [0.717, 1.165) is 0 Å². The molecule has 2 aromatic heterocycles. The van der Waals surface area contributed by atoms with Crippen molar-refractivity contribution in [2.45, 2.75) is 13.0 Å². The predicted octanol–water partition coefficient (Wildman–Crippen LogP) is 3.86. The topological polar surface area (TPSA) is 91.2 Å². The van der Waals surface area contributed by atoms with E-state index in [0.29, 0.717) is 28.9 Å². The number of benzene rings is 2. The largest absolute Gasteiger partial charge is 0.481 e. The molecule has 8 nitrogen and oxygen atoms in total. The van der Waals surface area contributed by atoms with Crippen molar-refractivity contribution in [3.05, 3.63) is 85.7 Å². The van der Waals surface area contributed by atoms with Gasteiger partial charge in [-0.1, -0.05) is 18.2 Å². The number of rotatable bonds is 7. The van der Waals surface area contributed by atoms with Crippen molar-refractivity contribution < 1.29 is 14.3 Å². The molecule has 0 spiro atoms. The molecule has 1 N–H and O–H groups in total. The first-order valence-corrected chi connectivity index (χ1v) is 9.28. The molecular weight excluding hydrogens is 382 g/mol. The lowest BCUT2D eigenvalue weighted by molar-refractivity contribution is -0.122. The van der Waals surface area contributed by atoms with Gasteiger partial charge >= 0.3 is 0 Å². The summed E-state index contributed by atoms with van der Waals surface area (Å²) in [7, 11) is 0. The summed E-state index contributed by atoms with van der Waals surface area (Å²) in [5.74, 6) is 2.03. The Morgan fingerprint density at radius 2 is 1.83 bits per heavy atom. The van der Waals surface area contributed by atoms with Crippen LogP contribution < -0.4 is 14.8 Å². The van der Waals surface area contributed by atoms with E-state index in [9.17, 15) is 4.79 Å². The SMILES string of the molecule is CC(Oc1ccccc1)C(=O)Nc1ccc(Oc2cc(-n3ccnc3)ncn2)cc1. The highest BCUT2D eigenvalue weighted by atomic mass is 16.5. The van der Waals surface area contributed by atoms with Gasteiger partial charge in [0.15, 0.2) is 6.10 Å². The summed E-state index contributed by atoms with van der Waals surface area (Å²) in [5, 5.41) is 2.83. The molecule has 0 saturated carbocycles. The maximum absolute atomic E-state index is 12.4. The molecule has 4 rings (SSSR count). The van der Waals surface area contributed by atoms with Crippen molar-refractivity contribution in [3.63, 3.8) is 0 Å². The minimum Gasteiger partial charge on any atom is -0.481 e. The fourth-order valence-electron chi connectivity index (χ4n) is 2.65. The average Bonchev–Trinajstić information content (AvgIpc) is 3.31. The molecule has 2 aromatic carbocycles. The Kier molecular flexibility index (Phi) is 5.66. The maximum atomic E-state index is 12.4. The van der Waals surface area contributed by atoms with Crippen LogP contribution in [0.2, 0.25) is 0 Å². The Morgan fingerprint density at radius 1 is 1.03 bits per heavy atom. The lowest BCUT2D eigenvalue weighted by atomic mass is 10.2. The van der Waals surface area contributed by atoms with Gasteiger partial charge in [-0.15, -0.1) is 0 Å². The van der Waals surface area contributed by atoms with Gasteiger partial charge in [0.1, 0.15) is 30.0 Å². The second-order valence-corrected chi connectivity index (χ2v) is 6.37. The average molecular weight is 401 g/mol. The Balaban J connectivity index is 1.36. The van der Waals surface area contributed by atoms with Gasteiger partial charge in [-0.05, 0) is 43.3 Å². The number of para-hydroxylation sites is 1. The van der Waals surface area contributed by atoms with Crippen molar-refractivity contribution >= 4 is 11.6 Å². The second kappa shape index (κ2) is 8.87. The zero-order valence-electron chi connectivity index (χ0n) is 16.2. The van der Waals surface area contributed by atoms with Crippen LogP contribution in [0.3, 0.4) is 0 Å². The van der Waals surface area contributed by atoms with Crippen LogP contribution in [0.1, 0.15) is 6.92 Å². The number of aromatic nitrogens is 4. The zero-order chi connectivity index (χ0) is 20.8. The van der Waals surface area contributed by atoms with Crippen LogP contribution in [-0.4, -0.2) is 31.5 Å². The van der Waals surface area contributed by atoms with Gasteiger partial charge in [0.25, 0.3) is 5.91 Å². The third-order valence-electron chi connectivity index (χ3n) is 4.17. The Bertz CT molecular complexity index is 1100. The van der Waals surface area contributed by atoms with Crippen molar-refractivity contribution in [2.24, 2.45) is 0 Å². The van der Waals surface area contributed by atoms with E-state index in [1.54, 1.807) is 72.7 Å². The van der Waals surface area contributed by atoms with Gasteiger partial charge in [-0.3, -0.25) is 9.36 Å². The number of hydrogen-bond acceptors (Lipinski definition) is 6. The van der Waals surface area contributed by atoms with E-state index < -0.39 is 6.10 Å². The highest BCUT2D eigenvalue weighted by Gasteiger charge is 2.15. The molecule has 0 aliphatic heterocycles. The van der Waals surface area contributed by atoms with E-state index in [2.05, 4.69) is 20.3 Å². The zero-order valence-corrected chi connectivity index (χ0v) is 16.2. The van der Waals surface area contributed by atoms with Gasteiger partial charge in [-0.2, -0.15) is 0 Å². The third-order valence-corrected chi connectivity index (χ3v) is 4.17. The predicted molar refractivity (Wildman–Crippen MR) is 111 cm³/mol. The number of nitrogens with zero attached hydrogens (tertiary/aromatic N) is 4. The summed E-state index contributed by atoms with van der Waals surface area (Å²) in [6.07, 6.45) is 5.89. The number of amides is 1. The molecule has 0 bridgehead atoms. The second-order valence-electron chi connectivity index (χ2n) is 6.37. The summed E-state index contributed by atoms with van der Waals surface area (Å²) in [6.45, 7) is 1.70. The van der Waals surface area contributed by atoms with Gasteiger partial charge in [0.05, 0.1) is 0 Å². The summed E-state index contributed by atoms with van der Waals surface area (Å²) in [5.41, 5.74) is 0.637. The molecule has 1 unspecified atom stereocenters. The molecule has 4 aromatic rings. The highest BCUT2D eigenvalue weighted by molar-refractivity contribution is 5.94. The van der Waals surface area contributed by atoms with Crippen molar-refractivity contribution in [1.29, 1.82) is 0 Å². The van der Waals surface area contributed by atoms with E-state index in [-0.39, 0.29) is 5.91 Å². The fourth-order valence-corrected chi connectivity index (χ4v) is 2.65. The highest BCUT2D eigenvalue weighted by Crippen LogP contribution is 2.22. The van der Waals surface area contributed by atoms with Crippen molar-refractivity contribution in [2.75, 3.05) is 5.32 Å². The van der Waals surface area contributed by atoms with Crippen LogP contribution in [-0.2, 0) is 4.79 Å². The number of ether oxygens (including phenoxy) is 2. The van der Waals surface area contributed by atoms with Crippen molar-refractivity contribution in [1.82, 2.24) is 19.5 Å². The maximum Gasteiger partial charge on any atom is 0.265 e. The Hall–Kier alpha value is -4.20. The summed E-state index contributed by atoms with van der Waals surface area (Å²) < 4.78 is 13.2. The standard InChI is InChI=1S/C22H19N5O3/c1-16(29-18-5-3-2-4-6-18)22(28)26-17-7-9-19(10-8-17)30-21-13-20(24-14-25-21)27-12-11-23-15-27/h2-16H,1H3,(H,26,28). The number of hydrogen-bond donors (Lipinski definition) is 1. The number of carbonyl (C=O) groups excluding carboxylic acids is 1. The van der Waals surface area contributed by atoms with Crippen molar-refractivity contribution in [3.8, 4) is 23.2 Å². The van der Waals surface area contributed by atoms with Gasteiger partial charge in [-0.25, -0.2) is 15.0 Å². The smallest absolute Gasteiger partial charge is 0.265 e. The molecule has 30 heavy (non-hydrogen) atoms. The van der Waals surface area contributed by atoms with E-state index >= 15 is 0 Å². The molecule has 2 heterocycles. The van der Waals surface area contributed by atoms with Crippen LogP contribution in [0.5, 0.6) is 17.4 Å². The molecule has 1 atom stereocenters. The van der Waals surface area contributed by atoms with Crippen LogP contribution in [0.4, 0.5) is 5.69 Å². The molecule has 0 aliphatic carbocycles. The Morgan fingerprint density at radius 3 is 2.57 bits per heavy atom. The molecule has 0 radical (unpaired) electrons. The number of carbonyl (C=O) groups is 1. The first-order valence-electron chi connectivity index (χ1n) is 9.28. The van der Waals surface area contributed by atoms with Crippen LogP contribution in [0.15, 0.2) is 85.7 Å². The van der Waals surface area contributed by atoms with Gasteiger partial charge in [0.2, 0.25) is 5.88 Å². The van der Waals surface area contributed by atoms with E-state index in [1.165, 1.54) is 6.33 Å². The lowest BCUT2D eigenvalue weighted by Crippen LogP contribution is -2.30. The molecule has 0 aliphatic rings. The normalized spacial score (nSPS) is 11.5. The molecule has 0 saturated heterocycles. The van der Waals surface area contributed by atoms with Gasteiger partial charge < -0.3 is 14.8 Å². The quantitative estimate of drug-likeness (QED) is 0.506. The molecule has 0 fully saturated rings. The number of anilines is 1. The first-order chi connectivity index (χ1) is 14.7. The first kappa shape index (κ1) is 19.1. The molecule has 1 amide bonds. The summed E-state index contributed by atoms with van der Waals surface area (Å²) in [6, 6.07) is 17.9. The lowest BCUT2D eigenvalue weighted by Gasteiger charge is -2.15. The van der Waals surface area contributed by atoms with Crippen LogP contribution >= 0.6 is 0 Å².